The van der Waals surface area contributed by atoms with Crippen LogP contribution < -0.4 is 4.72 Å². The van der Waals surface area contributed by atoms with Crippen molar-refractivity contribution in [1.29, 1.82) is 0 Å². The summed E-state index contributed by atoms with van der Waals surface area (Å²) >= 11 is 0. The number of nitrogens with one attached hydrogen (secondary N) is 1. The number of carbonyl (C=O) groups is 1. The molecule has 6 nitrogen and oxygen atoms in total. The Morgan fingerprint density at radius 3 is 2.24 bits per heavy atom. The van der Waals surface area contributed by atoms with E-state index in [1.165, 1.54) is 14.1 Å². The fourth-order valence-corrected chi connectivity index (χ4v) is 2.67. The van der Waals surface area contributed by atoms with Gasteiger partial charge in [-0.05, 0) is 31.6 Å². The highest BCUT2D eigenvalue weighted by Crippen LogP contribution is 2.28. The second kappa shape index (κ2) is 5.79. The van der Waals surface area contributed by atoms with Crippen molar-refractivity contribution < 1.29 is 18.3 Å². The molecule has 1 rings (SSSR count). The number of carboxylic acids is 1. The molecular formula is C10H20N2O4S. The van der Waals surface area contributed by atoms with Gasteiger partial charge in [-0.1, -0.05) is 0 Å². The lowest BCUT2D eigenvalue weighted by atomic mass is 9.82. The molecule has 0 heterocycles. The molecule has 0 aromatic carbocycles. The Bertz CT molecular complexity index is 359. The summed E-state index contributed by atoms with van der Waals surface area (Å²) in [5.41, 5.74) is 0. The van der Waals surface area contributed by atoms with Crippen LogP contribution in [0.15, 0.2) is 0 Å². The number of hydrogen-bond acceptors (Lipinski definition) is 3. The normalized spacial score (nSPS) is 26.1. The predicted molar refractivity (Wildman–Crippen MR) is 63.7 cm³/mol. The van der Waals surface area contributed by atoms with Gasteiger partial charge in [0.15, 0.2) is 0 Å². The van der Waals surface area contributed by atoms with E-state index in [9.17, 15) is 13.2 Å². The van der Waals surface area contributed by atoms with Crippen LogP contribution in [0, 0.1) is 11.8 Å². The van der Waals surface area contributed by atoms with E-state index in [1.807, 2.05) is 0 Å². The predicted octanol–water partition coefficient (Wildman–Crippen LogP) is 0.273. The van der Waals surface area contributed by atoms with Crippen molar-refractivity contribution in [3.8, 4) is 0 Å². The lowest BCUT2D eigenvalue weighted by molar-refractivity contribution is -0.143. The Morgan fingerprint density at radius 2 is 1.82 bits per heavy atom. The number of nitrogens with zero attached hydrogens (tertiary/aromatic N) is 1. The van der Waals surface area contributed by atoms with E-state index in [1.54, 1.807) is 0 Å². The van der Waals surface area contributed by atoms with Crippen molar-refractivity contribution in [2.24, 2.45) is 11.8 Å². The van der Waals surface area contributed by atoms with E-state index in [2.05, 4.69) is 4.72 Å². The van der Waals surface area contributed by atoms with E-state index >= 15 is 0 Å². The molecule has 0 unspecified atom stereocenters. The third-order valence-electron chi connectivity index (χ3n) is 3.23. The van der Waals surface area contributed by atoms with E-state index in [-0.39, 0.29) is 11.8 Å². The van der Waals surface area contributed by atoms with Gasteiger partial charge in [0.2, 0.25) is 0 Å². The van der Waals surface area contributed by atoms with Crippen LogP contribution in [0.3, 0.4) is 0 Å². The first-order valence-electron chi connectivity index (χ1n) is 5.73. The summed E-state index contributed by atoms with van der Waals surface area (Å²) in [5.74, 6) is -0.741. The summed E-state index contributed by atoms with van der Waals surface area (Å²) in [6.07, 6.45) is 2.83. The summed E-state index contributed by atoms with van der Waals surface area (Å²) in [7, 11) is -0.409. The molecular weight excluding hydrogens is 244 g/mol. The molecule has 1 aliphatic carbocycles. The minimum Gasteiger partial charge on any atom is -0.481 e. The Labute approximate surface area is 102 Å². The van der Waals surface area contributed by atoms with Gasteiger partial charge in [0.05, 0.1) is 5.92 Å². The third kappa shape index (κ3) is 4.25. The molecule has 0 radical (unpaired) electrons. The average molecular weight is 264 g/mol. The highest BCUT2D eigenvalue weighted by Gasteiger charge is 2.26. The highest BCUT2D eigenvalue weighted by atomic mass is 32.2. The molecule has 0 aliphatic heterocycles. The van der Waals surface area contributed by atoms with Crippen molar-refractivity contribution in [3.05, 3.63) is 0 Å². The summed E-state index contributed by atoms with van der Waals surface area (Å²) < 4.78 is 26.6. The van der Waals surface area contributed by atoms with Gasteiger partial charge < -0.3 is 5.11 Å². The van der Waals surface area contributed by atoms with Crippen LogP contribution >= 0.6 is 0 Å². The number of rotatable bonds is 5. The van der Waals surface area contributed by atoms with Gasteiger partial charge in [0.25, 0.3) is 10.2 Å². The van der Waals surface area contributed by atoms with Crippen molar-refractivity contribution in [2.75, 3.05) is 20.6 Å². The fraction of sp³-hybridized carbons (Fsp3) is 0.900. The molecule has 17 heavy (non-hydrogen) atoms. The van der Waals surface area contributed by atoms with Gasteiger partial charge in [0, 0.05) is 20.6 Å². The molecule has 7 heteroatoms. The van der Waals surface area contributed by atoms with Gasteiger partial charge in [-0.15, -0.1) is 0 Å². The van der Waals surface area contributed by atoms with E-state index < -0.39 is 16.2 Å². The van der Waals surface area contributed by atoms with Gasteiger partial charge in [0.1, 0.15) is 0 Å². The number of hydrogen-bond donors (Lipinski definition) is 2. The molecule has 0 aromatic rings. The van der Waals surface area contributed by atoms with Crippen LogP contribution in [0.5, 0.6) is 0 Å². The Kier molecular flexibility index (Phi) is 4.91. The highest BCUT2D eigenvalue weighted by molar-refractivity contribution is 7.87. The van der Waals surface area contributed by atoms with Gasteiger partial charge in [-0.25, -0.2) is 4.72 Å². The summed E-state index contributed by atoms with van der Waals surface area (Å²) in [5, 5.41) is 8.84. The number of carboxylic acid groups (broad SMARTS) is 1. The van der Waals surface area contributed by atoms with Gasteiger partial charge in [-0.3, -0.25) is 4.79 Å². The summed E-state index contributed by atoms with van der Waals surface area (Å²) in [4.78, 5) is 10.7. The minimum atomic E-state index is -3.36. The lowest BCUT2D eigenvalue weighted by Gasteiger charge is -2.26. The molecule has 1 saturated carbocycles. The zero-order valence-corrected chi connectivity index (χ0v) is 11.0. The quantitative estimate of drug-likeness (QED) is 0.746. The maximum absolute atomic E-state index is 11.5. The van der Waals surface area contributed by atoms with Crippen LogP contribution in [0.1, 0.15) is 25.7 Å². The van der Waals surface area contributed by atoms with E-state index in [0.29, 0.717) is 19.4 Å². The summed E-state index contributed by atoms with van der Waals surface area (Å²) in [6, 6.07) is 0. The topological polar surface area (TPSA) is 86.7 Å². The maximum Gasteiger partial charge on any atom is 0.306 e. The first-order chi connectivity index (χ1) is 7.83. The van der Waals surface area contributed by atoms with Crippen LogP contribution in [-0.2, 0) is 15.0 Å². The molecule has 1 aliphatic rings. The molecule has 2 N–H and O–H groups in total. The van der Waals surface area contributed by atoms with Crippen LogP contribution in [-0.4, -0.2) is 44.4 Å². The molecule has 0 bridgehead atoms. The molecule has 0 atom stereocenters. The lowest BCUT2D eigenvalue weighted by Crippen LogP contribution is -2.39. The van der Waals surface area contributed by atoms with Gasteiger partial charge >= 0.3 is 5.97 Å². The average Bonchev–Trinajstić information content (AvgIpc) is 2.27. The molecule has 0 aromatic heterocycles. The summed E-state index contributed by atoms with van der Waals surface area (Å²) in [6.45, 7) is 0.396. The Morgan fingerprint density at radius 1 is 1.29 bits per heavy atom. The molecule has 0 spiro atoms. The smallest absolute Gasteiger partial charge is 0.306 e. The van der Waals surface area contributed by atoms with Crippen molar-refractivity contribution in [3.63, 3.8) is 0 Å². The monoisotopic (exact) mass is 264 g/mol. The minimum absolute atomic E-state index is 0.250. The van der Waals surface area contributed by atoms with Crippen molar-refractivity contribution in [1.82, 2.24) is 9.03 Å². The molecule has 100 valence electrons. The third-order valence-corrected chi connectivity index (χ3v) is 4.72. The van der Waals surface area contributed by atoms with Crippen LogP contribution in [0.2, 0.25) is 0 Å². The van der Waals surface area contributed by atoms with Crippen molar-refractivity contribution in [2.45, 2.75) is 25.7 Å². The van der Waals surface area contributed by atoms with Crippen LogP contribution in [0.4, 0.5) is 0 Å². The zero-order chi connectivity index (χ0) is 13.1. The first kappa shape index (κ1) is 14.4. The number of aliphatic carboxylic acids is 1. The Balaban J connectivity index is 2.35. The van der Waals surface area contributed by atoms with Crippen molar-refractivity contribution >= 4 is 16.2 Å². The largest absolute Gasteiger partial charge is 0.481 e. The van der Waals surface area contributed by atoms with E-state index in [4.69, 9.17) is 5.11 Å². The standard InChI is InChI=1S/C10H20N2O4S/c1-12(2)17(15,16)11-7-8-3-5-9(6-4-8)10(13)14/h8-9,11H,3-7H2,1-2H3,(H,13,14). The van der Waals surface area contributed by atoms with Crippen LogP contribution in [0.25, 0.3) is 0 Å². The SMILES string of the molecule is CN(C)S(=O)(=O)NCC1CCC(C(=O)O)CC1. The second-order valence-corrected chi connectivity index (χ2v) is 6.66. The van der Waals surface area contributed by atoms with Gasteiger partial charge in [-0.2, -0.15) is 12.7 Å². The van der Waals surface area contributed by atoms with E-state index in [0.717, 1.165) is 17.1 Å². The zero-order valence-electron chi connectivity index (χ0n) is 10.2. The molecule has 0 amide bonds. The molecule has 1 fully saturated rings. The molecule has 0 saturated heterocycles. The second-order valence-electron chi connectivity index (χ2n) is 4.69. The first-order valence-corrected chi connectivity index (χ1v) is 7.17. The fourth-order valence-electron chi connectivity index (χ4n) is 1.97. The Hall–Kier alpha value is -0.660. The maximum atomic E-state index is 11.5.